The number of nitrogens with two attached hydrogens (primary N) is 1. The summed E-state index contributed by atoms with van der Waals surface area (Å²) in [6, 6.07) is 0. The molecular weight excluding hydrogens is 208 g/mol. The smallest absolute Gasteiger partial charge is 0.113 e. The van der Waals surface area contributed by atoms with Gasteiger partial charge in [-0.05, 0) is 19.8 Å². The topological polar surface area (TPSA) is 48.1 Å². The molecule has 1 aliphatic rings. The Kier molecular flexibility index (Phi) is 3.38. The van der Waals surface area contributed by atoms with Gasteiger partial charge in [-0.25, -0.2) is 4.98 Å². The van der Waals surface area contributed by atoms with Crippen molar-refractivity contribution in [1.82, 2.24) is 4.98 Å². The van der Waals surface area contributed by atoms with Crippen molar-refractivity contribution in [2.45, 2.75) is 44.8 Å². The van der Waals surface area contributed by atoms with E-state index in [1.807, 2.05) is 6.92 Å². The van der Waals surface area contributed by atoms with Crippen LogP contribution in [0.25, 0.3) is 0 Å². The van der Waals surface area contributed by atoms with Gasteiger partial charge in [-0.15, -0.1) is 11.3 Å². The standard InChI is InChI=1S/C11H18N2OS/c1-2-14-7-9-8-15-10(13-9)11(12)5-3-4-6-11/h8H,2-7,12H2,1H3. The summed E-state index contributed by atoms with van der Waals surface area (Å²) in [4.78, 5) is 4.57. The lowest BCUT2D eigenvalue weighted by Crippen LogP contribution is -2.32. The van der Waals surface area contributed by atoms with Gasteiger partial charge in [0.1, 0.15) is 5.01 Å². The van der Waals surface area contributed by atoms with Gasteiger partial charge in [-0.3, -0.25) is 0 Å². The monoisotopic (exact) mass is 226 g/mol. The second-order valence-electron chi connectivity index (χ2n) is 4.14. The minimum atomic E-state index is -0.144. The zero-order valence-electron chi connectivity index (χ0n) is 9.16. The van der Waals surface area contributed by atoms with Gasteiger partial charge < -0.3 is 10.5 Å². The number of ether oxygens (including phenoxy) is 1. The van der Waals surface area contributed by atoms with Gasteiger partial charge >= 0.3 is 0 Å². The molecule has 0 spiro atoms. The number of aromatic nitrogens is 1. The van der Waals surface area contributed by atoms with Crippen LogP contribution in [0.1, 0.15) is 43.3 Å². The number of hydrogen-bond acceptors (Lipinski definition) is 4. The highest BCUT2D eigenvalue weighted by atomic mass is 32.1. The lowest BCUT2D eigenvalue weighted by atomic mass is 10.0. The van der Waals surface area contributed by atoms with Crippen LogP contribution < -0.4 is 5.73 Å². The fourth-order valence-electron chi connectivity index (χ4n) is 2.03. The lowest BCUT2D eigenvalue weighted by Gasteiger charge is -2.19. The first-order chi connectivity index (χ1) is 7.24. The van der Waals surface area contributed by atoms with Crippen LogP contribution in [-0.2, 0) is 16.9 Å². The summed E-state index contributed by atoms with van der Waals surface area (Å²) in [5.74, 6) is 0. The van der Waals surface area contributed by atoms with Crippen LogP contribution in [0.3, 0.4) is 0 Å². The van der Waals surface area contributed by atoms with E-state index in [9.17, 15) is 0 Å². The SMILES string of the molecule is CCOCc1csc(C2(N)CCCC2)n1. The summed E-state index contributed by atoms with van der Waals surface area (Å²) in [6.07, 6.45) is 4.62. The normalized spacial score (nSPS) is 19.6. The second-order valence-corrected chi connectivity index (χ2v) is 5.00. The fourth-order valence-corrected chi connectivity index (χ4v) is 3.01. The van der Waals surface area contributed by atoms with E-state index in [0.29, 0.717) is 6.61 Å². The van der Waals surface area contributed by atoms with Crippen molar-refractivity contribution in [3.8, 4) is 0 Å². The molecule has 0 radical (unpaired) electrons. The summed E-state index contributed by atoms with van der Waals surface area (Å²) in [5.41, 5.74) is 7.21. The zero-order chi connectivity index (χ0) is 10.7. The van der Waals surface area contributed by atoms with E-state index in [1.54, 1.807) is 11.3 Å². The maximum Gasteiger partial charge on any atom is 0.113 e. The first-order valence-electron chi connectivity index (χ1n) is 5.56. The molecule has 1 aromatic rings. The third kappa shape index (κ3) is 2.38. The first kappa shape index (κ1) is 11.0. The van der Waals surface area contributed by atoms with Crippen LogP contribution >= 0.6 is 11.3 Å². The maximum absolute atomic E-state index is 6.33. The molecule has 1 aliphatic carbocycles. The van der Waals surface area contributed by atoms with Crippen molar-refractivity contribution in [1.29, 1.82) is 0 Å². The first-order valence-corrected chi connectivity index (χ1v) is 6.44. The van der Waals surface area contributed by atoms with Gasteiger partial charge in [0.25, 0.3) is 0 Å². The van der Waals surface area contributed by atoms with E-state index < -0.39 is 0 Å². The molecule has 0 amide bonds. The van der Waals surface area contributed by atoms with Crippen LogP contribution in [0.2, 0.25) is 0 Å². The number of rotatable bonds is 4. The van der Waals surface area contributed by atoms with E-state index >= 15 is 0 Å². The van der Waals surface area contributed by atoms with E-state index in [2.05, 4.69) is 10.4 Å². The van der Waals surface area contributed by atoms with Crippen molar-refractivity contribution in [3.63, 3.8) is 0 Å². The van der Waals surface area contributed by atoms with Gasteiger partial charge in [0, 0.05) is 12.0 Å². The molecule has 2 N–H and O–H groups in total. The number of hydrogen-bond donors (Lipinski definition) is 1. The van der Waals surface area contributed by atoms with Gasteiger partial charge in [0.2, 0.25) is 0 Å². The Morgan fingerprint density at radius 3 is 2.93 bits per heavy atom. The minimum absolute atomic E-state index is 0.144. The van der Waals surface area contributed by atoms with Gasteiger partial charge in [0.15, 0.2) is 0 Å². The highest BCUT2D eigenvalue weighted by molar-refractivity contribution is 7.09. The Hall–Kier alpha value is -0.450. The van der Waals surface area contributed by atoms with E-state index in [0.717, 1.165) is 30.2 Å². The molecule has 0 aromatic carbocycles. The van der Waals surface area contributed by atoms with Gasteiger partial charge in [-0.2, -0.15) is 0 Å². The quantitative estimate of drug-likeness (QED) is 0.857. The maximum atomic E-state index is 6.33. The highest BCUT2D eigenvalue weighted by Gasteiger charge is 2.33. The Morgan fingerprint density at radius 2 is 2.27 bits per heavy atom. The predicted octanol–water partition coefficient (Wildman–Crippen LogP) is 2.41. The van der Waals surface area contributed by atoms with Crippen LogP contribution in [0.5, 0.6) is 0 Å². The summed E-state index contributed by atoms with van der Waals surface area (Å²) in [7, 11) is 0. The van der Waals surface area contributed by atoms with E-state index in [4.69, 9.17) is 10.5 Å². The summed E-state index contributed by atoms with van der Waals surface area (Å²) < 4.78 is 5.33. The second kappa shape index (κ2) is 4.60. The Labute approximate surface area is 94.7 Å². The van der Waals surface area contributed by atoms with Crippen LogP contribution in [0.15, 0.2) is 5.38 Å². The van der Waals surface area contributed by atoms with Crippen LogP contribution in [0, 0.1) is 0 Å². The van der Waals surface area contributed by atoms with Crippen molar-refractivity contribution in [2.24, 2.45) is 5.73 Å². The molecule has 1 aromatic heterocycles. The molecule has 1 saturated carbocycles. The lowest BCUT2D eigenvalue weighted by molar-refractivity contribution is 0.131. The predicted molar refractivity (Wildman–Crippen MR) is 61.8 cm³/mol. The average Bonchev–Trinajstić information content (AvgIpc) is 2.84. The Morgan fingerprint density at radius 1 is 1.53 bits per heavy atom. The van der Waals surface area contributed by atoms with Crippen molar-refractivity contribution >= 4 is 11.3 Å². The minimum Gasteiger partial charge on any atom is -0.375 e. The van der Waals surface area contributed by atoms with Crippen LogP contribution in [-0.4, -0.2) is 11.6 Å². The molecular formula is C11H18N2OS. The van der Waals surface area contributed by atoms with Crippen LogP contribution in [0.4, 0.5) is 0 Å². The van der Waals surface area contributed by atoms with Crippen molar-refractivity contribution < 1.29 is 4.74 Å². The third-order valence-corrected chi connectivity index (χ3v) is 4.04. The molecule has 1 fully saturated rings. The molecule has 84 valence electrons. The molecule has 1 heterocycles. The molecule has 2 rings (SSSR count). The van der Waals surface area contributed by atoms with Crippen molar-refractivity contribution in [2.75, 3.05) is 6.61 Å². The van der Waals surface area contributed by atoms with E-state index in [-0.39, 0.29) is 5.54 Å². The molecule has 0 atom stereocenters. The summed E-state index contributed by atoms with van der Waals surface area (Å²) in [6.45, 7) is 3.35. The molecule has 0 saturated heterocycles. The summed E-state index contributed by atoms with van der Waals surface area (Å²) in [5, 5.41) is 3.16. The molecule has 4 heteroatoms. The molecule has 3 nitrogen and oxygen atoms in total. The Balaban J connectivity index is 2.05. The van der Waals surface area contributed by atoms with E-state index in [1.165, 1.54) is 12.8 Å². The molecule has 15 heavy (non-hydrogen) atoms. The average molecular weight is 226 g/mol. The third-order valence-electron chi connectivity index (χ3n) is 2.93. The highest BCUT2D eigenvalue weighted by Crippen LogP contribution is 2.37. The molecule has 0 unspecified atom stereocenters. The van der Waals surface area contributed by atoms with Gasteiger partial charge in [-0.1, -0.05) is 12.8 Å². The molecule has 0 bridgehead atoms. The number of nitrogens with zero attached hydrogens (tertiary/aromatic N) is 1. The van der Waals surface area contributed by atoms with Crippen molar-refractivity contribution in [3.05, 3.63) is 16.1 Å². The Bertz CT molecular complexity index is 318. The zero-order valence-corrected chi connectivity index (χ0v) is 9.98. The molecule has 0 aliphatic heterocycles. The fraction of sp³-hybridized carbons (Fsp3) is 0.727. The van der Waals surface area contributed by atoms with Gasteiger partial charge in [0.05, 0.1) is 17.8 Å². The summed E-state index contributed by atoms with van der Waals surface area (Å²) >= 11 is 1.68. The largest absolute Gasteiger partial charge is 0.375 e. The number of thiazole rings is 1.